The molecule has 3 nitrogen and oxygen atoms in total. The summed E-state index contributed by atoms with van der Waals surface area (Å²) in [5, 5.41) is 4.89. The third kappa shape index (κ3) is 2.79. The Morgan fingerprint density at radius 3 is 2.46 bits per heavy atom. The Bertz CT molecular complexity index is 897. The van der Waals surface area contributed by atoms with Crippen LogP contribution in [0, 0.1) is 20.8 Å². The van der Waals surface area contributed by atoms with Gasteiger partial charge in [0.2, 0.25) is 0 Å². The van der Waals surface area contributed by atoms with Crippen molar-refractivity contribution in [2.75, 3.05) is 0 Å². The summed E-state index contributed by atoms with van der Waals surface area (Å²) >= 11 is 0. The maximum absolute atomic E-state index is 13.6. The highest BCUT2D eigenvalue weighted by Crippen LogP contribution is 2.33. The van der Waals surface area contributed by atoms with Gasteiger partial charge in [0.05, 0.1) is 16.8 Å². The van der Waals surface area contributed by atoms with E-state index < -0.39 is 6.43 Å². The maximum atomic E-state index is 13.6. The zero-order valence-corrected chi connectivity index (χ0v) is 14.4. The molecule has 2 aromatic heterocycles. The average Bonchev–Trinajstić information content (AvgIpc) is 2.86. The van der Waals surface area contributed by atoms with Crippen LogP contribution < -0.4 is 0 Å². The predicted octanol–water partition coefficient (Wildman–Crippen LogP) is 5.37. The number of aryl methyl sites for hydroxylation is 4. The fraction of sp³-hybridized carbons (Fsp3) is 0.368. The van der Waals surface area contributed by atoms with Crippen molar-refractivity contribution in [2.24, 2.45) is 0 Å². The smallest absolute Gasteiger partial charge is 0.247 e. The number of nitrogens with zero attached hydrogens (tertiary/aromatic N) is 3. The highest BCUT2D eigenvalue weighted by molar-refractivity contribution is 5.85. The summed E-state index contributed by atoms with van der Waals surface area (Å²) < 4.78 is 29.0. The van der Waals surface area contributed by atoms with Crippen molar-refractivity contribution in [3.05, 3.63) is 46.6 Å². The standard InChI is InChI=1S/C19H21F2N3/c1-5-8-24-19-17(13(4)23-24)15(18(20)21)10-16(22-19)14-7-6-11(2)12(3)9-14/h6-7,9-10,18H,5,8H2,1-4H3. The summed E-state index contributed by atoms with van der Waals surface area (Å²) in [7, 11) is 0. The van der Waals surface area contributed by atoms with Gasteiger partial charge in [0.1, 0.15) is 0 Å². The number of rotatable bonds is 4. The van der Waals surface area contributed by atoms with Gasteiger partial charge in [0.15, 0.2) is 5.65 Å². The normalized spacial score (nSPS) is 11.6. The number of halogens is 2. The van der Waals surface area contributed by atoms with Gasteiger partial charge in [-0.05, 0) is 50.5 Å². The number of hydrogen-bond donors (Lipinski definition) is 0. The molecule has 0 unspecified atom stereocenters. The first-order valence-electron chi connectivity index (χ1n) is 8.16. The van der Waals surface area contributed by atoms with E-state index in [9.17, 15) is 8.78 Å². The molecule has 0 spiro atoms. The molecule has 0 fully saturated rings. The predicted molar refractivity (Wildman–Crippen MR) is 92.4 cm³/mol. The molecule has 3 aromatic rings. The molecule has 0 amide bonds. The van der Waals surface area contributed by atoms with Gasteiger partial charge >= 0.3 is 0 Å². The minimum absolute atomic E-state index is 0.00748. The van der Waals surface area contributed by atoms with E-state index in [1.807, 2.05) is 39.0 Å². The third-order valence-corrected chi connectivity index (χ3v) is 4.38. The van der Waals surface area contributed by atoms with Crippen LogP contribution in [0.25, 0.3) is 22.3 Å². The molecule has 1 aromatic carbocycles. The third-order valence-electron chi connectivity index (χ3n) is 4.38. The van der Waals surface area contributed by atoms with E-state index >= 15 is 0 Å². The Balaban J connectivity index is 2.29. The van der Waals surface area contributed by atoms with E-state index in [4.69, 9.17) is 0 Å². The Morgan fingerprint density at radius 2 is 1.83 bits per heavy atom. The van der Waals surface area contributed by atoms with Crippen LogP contribution in [0.4, 0.5) is 8.78 Å². The van der Waals surface area contributed by atoms with Crippen LogP contribution in [-0.2, 0) is 6.54 Å². The first kappa shape index (κ1) is 16.6. The van der Waals surface area contributed by atoms with Crippen molar-refractivity contribution >= 4 is 11.0 Å². The summed E-state index contributed by atoms with van der Waals surface area (Å²) in [6, 6.07) is 7.42. The molecule has 5 heteroatoms. The van der Waals surface area contributed by atoms with Crippen LogP contribution in [-0.4, -0.2) is 14.8 Å². The fourth-order valence-electron chi connectivity index (χ4n) is 2.98. The van der Waals surface area contributed by atoms with Crippen LogP contribution in [0.15, 0.2) is 24.3 Å². The second kappa shape index (κ2) is 6.30. The van der Waals surface area contributed by atoms with Crippen molar-refractivity contribution in [3.63, 3.8) is 0 Å². The summed E-state index contributed by atoms with van der Waals surface area (Å²) in [5.74, 6) is 0. The van der Waals surface area contributed by atoms with Crippen LogP contribution in [0.3, 0.4) is 0 Å². The molecule has 126 valence electrons. The zero-order chi connectivity index (χ0) is 17.4. The van der Waals surface area contributed by atoms with Gasteiger partial charge in [-0.15, -0.1) is 0 Å². The first-order valence-corrected chi connectivity index (χ1v) is 8.16. The maximum Gasteiger partial charge on any atom is 0.264 e. The van der Waals surface area contributed by atoms with Crippen molar-refractivity contribution in [2.45, 2.75) is 47.1 Å². The second-order valence-electron chi connectivity index (χ2n) is 6.20. The Kier molecular flexibility index (Phi) is 4.35. The minimum Gasteiger partial charge on any atom is -0.247 e. The van der Waals surface area contributed by atoms with Crippen LogP contribution in [0.5, 0.6) is 0 Å². The SMILES string of the molecule is CCCn1nc(C)c2c(C(F)F)cc(-c3ccc(C)c(C)c3)nc21. The molecular weight excluding hydrogens is 308 g/mol. The lowest BCUT2D eigenvalue weighted by Gasteiger charge is -2.10. The molecule has 0 aliphatic heterocycles. The summed E-state index contributed by atoms with van der Waals surface area (Å²) in [6.45, 7) is 8.50. The molecular formula is C19H21F2N3. The molecule has 0 N–H and O–H groups in total. The summed E-state index contributed by atoms with van der Waals surface area (Å²) in [6.07, 6.45) is -1.69. The minimum atomic E-state index is -2.56. The molecule has 0 radical (unpaired) electrons. The largest absolute Gasteiger partial charge is 0.264 e. The molecule has 0 aliphatic rings. The summed E-state index contributed by atoms with van der Waals surface area (Å²) in [4.78, 5) is 4.67. The zero-order valence-electron chi connectivity index (χ0n) is 14.4. The number of aromatic nitrogens is 3. The molecule has 0 saturated carbocycles. The molecule has 2 heterocycles. The van der Waals surface area contributed by atoms with Crippen LogP contribution >= 0.6 is 0 Å². The van der Waals surface area contributed by atoms with E-state index in [1.165, 1.54) is 11.6 Å². The highest BCUT2D eigenvalue weighted by atomic mass is 19.3. The van der Waals surface area contributed by atoms with E-state index in [0.29, 0.717) is 29.0 Å². The molecule has 0 saturated heterocycles. The number of benzene rings is 1. The number of pyridine rings is 1. The van der Waals surface area contributed by atoms with Crippen molar-refractivity contribution in [1.29, 1.82) is 0 Å². The van der Waals surface area contributed by atoms with E-state index in [-0.39, 0.29) is 5.56 Å². The van der Waals surface area contributed by atoms with Crippen molar-refractivity contribution in [1.82, 2.24) is 14.8 Å². The van der Waals surface area contributed by atoms with E-state index in [2.05, 4.69) is 10.1 Å². The van der Waals surface area contributed by atoms with Gasteiger partial charge < -0.3 is 0 Å². The Labute approximate surface area is 140 Å². The van der Waals surface area contributed by atoms with Crippen LogP contribution in [0.2, 0.25) is 0 Å². The number of hydrogen-bond acceptors (Lipinski definition) is 2. The van der Waals surface area contributed by atoms with Gasteiger partial charge in [-0.25, -0.2) is 18.4 Å². The second-order valence-corrected chi connectivity index (χ2v) is 6.20. The van der Waals surface area contributed by atoms with Gasteiger partial charge in [-0.2, -0.15) is 5.10 Å². The highest BCUT2D eigenvalue weighted by Gasteiger charge is 2.20. The lowest BCUT2D eigenvalue weighted by molar-refractivity contribution is 0.153. The molecule has 24 heavy (non-hydrogen) atoms. The van der Waals surface area contributed by atoms with Gasteiger partial charge in [0, 0.05) is 17.7 Å². The fourth-order valence-corrected chi connectivity index (χ4v) is 2.98. The average molecular weight is 329 g/mol. The Morgan fingerprint density at radius 1 is 1.08 bits per heavy atom. The van der Waals surface area contributed by atoms with Gasteiger partial charge in [-0.1, -0.05) is 19.1 Å². The van der Waals surface area contributed by atoms with E-state index in [1.54, 1.807) is 11.6 Å². The van der Waals surface area contributed by atoms with Crippen molar-refractivity contribution < 1.29 is 8.78 Å². The van der Waals surface area contributed by atoms with E-state index in [0.717, 1.165) is 17.5 Å². The monoisotopic (exact) mass is 329 g/mol. The topological polar surface area (TPSA) is 30.7 Å². The number of fused-ring (bicyclic) bond motifs is 1. The lowest BCUT2D eigenvalue weighted by Crippen LogP contribution is -2.01. The molecule has 0 bridgehead atoms. The molecule has 3 rings (SSSR count). The number of alkyl halides is 2. The van der Waals surface area contributed by atoms with Crippen LogP contribution in [0.1, 0.15) is 42.2 Å². The van der Waals surface area contributed by atoms with Crippen molar-refractivity contribution in [3.8, 4) is 11.3 Å². The summed E-state index contributed by atoms with van der Waals surface area (Å²) in [5.41, 5.74) is 4.86. The van der Waals surface area contributed by atoms with Gasteiger partial charge in [0.25, 0.3) is 6.43 Å². The van der Waals surface area contributed by atoms with Gasteiger partial charge in [-0.3, -0.25) is 0 Å². The molecule has 0 aliphatic carbocycles. The quantitative estimate of drug-likeness (QED) is 0.644. The lowest BCUT2D eigenvalue weighted by atomic mass is 10.0. The first-order chi connectivity index (χ1) is 11.4. The Hall–Kier alpha value is -2.30. The molecule has 0 atom stereocenters.